The first-order valence-corrected chi connectivity index (χ1v) is 8.54. The molecule has 2 amide bonds. The third kappa shape index (κ3) is 3.85. The first kappa shape index (κ1) is 17.1. The highest BCUT2D eigenvalue weighted by Crippen LogP contribution is 2.40. The maximum atomic E-state index is 12.7. The zero-order valence-electron chi connectivity index (χ0n) is 13.0. The van der Waals surface area contributed by atoms with E-state index in [9.17, 15) is 22.8 Å². The van der Waals surface area contributed by atoms with Crippen LogP contribution in [0.1, 0.15) is 24.8 Å². The predicted octanol–water partition coefficient (Wildman–Crippen LogP) is 3.38. The molecular weight excluding hydrogens is 341 g/mol. The van der Waals surface area contributed by atoms with Crippen molar-refractivity contribution in [3.05, 3.63) is 23.8 Å². The van der Waals surface area contributed by atoms with Gasteiger partial charge in [-0.1, -0.05) is 0 Å². The molecule has 130 valence electrons. The maximum Gasteiger partial charge on any atom is 0.416 e. The Morgan fingerprint density at radius 3 is 2.71 bits per heavy atom. The van der Waals surface area contributed by atoms with Gasteiger partial charge in [-0.25, -0.2) is 0 Å². The molecule has 1 N–H and O–H groups in total. The lowest BCUT2D eigenvalue weighted by Gasteiger charge is -2.26. The van der Waals surface area contributed by atoms with Crippen molar-refractivity contribution in [2.45, 2.75) is 35.6 Å². The molecule has 1 aliphatic heterocycles. The molecule has 0 spiro atoms. The molecule has 1 heterocycles. The van der Waals surface area contributed by atoms with Crippen LogP contribution in [0.25, 0.3) is 0 Å². The Hall–Kier alpha value is -1.70. The number of amides is 2. The molecule has 1 aromatic rings. The molecule has 1 aromatic carbocycles. The molecule has 2 aliphatic rings. The van der Waals surface area contributed by atoms with E-state index >= 15 is 0 Å². The molecule has 1 saturated carbocycles. The minimum absolute atomic E-state index is 0.0418. The van der Waals surface area contributed by atoms with Crippen molar-refractivity contribution in [1.29, 1.82) is 0 Å². The highest BCUT2D eigenvalue weighted by Gasteiger charge is 2.35. The van der Waals surface area contributed by atoms with Crippen LogP contribution in [-0.2, 0) is 15.8 Å². The summed E-state index contributed by atoms with van der Waals surface area (Å²) in [6.45, 7) is 0.698. The summed E-state index contributed by atoms with van der Waals surface area (Å²) >= 11 is 1.14. The van der Waals surface area contributed by atoms with E-state index in [-0.39, 0.29) is 18.0 Å². The van der Waals surface area contributed by atoms with Crippen molar-refractivity contribution >= 4 is 29.3 Å². The number of rotatable bonds is 4. The highest BCUT2D eigenvalue weighted by molar-refractivity contribution is 8.01. The van der Waals surface area contributed by atoms with Crippen LogP contribution in [0.2, 0.25) is 0 Å². The van der Waals surface area contributed by atoms with Crippen LogP contribution < -0.4 is 5.32 Å². The minimum Gasteiger partial charge on any atom is -0.345 e. The summed E-state index contributed by atoms with van der Waals surface area (Å²) in [5.41, 5.74) is -0.657. The molecule has 4 nitrogen and oxygen atoms in total. The number of benzene rings is 1. The standard InChI is InChI=1S/C16H17F3N2O2S/c1-21(8-9-2-3-9)14(22)7-13-15(23)20-11-6-10(16(17,18)19)4-5-12(11)24-13/h4-6,9,13H,2-3,7-8H2,1H3,(H,20,23)/t13-/m1/s1. The van der Waals surface area contributed by atoms with Crippen molar-refractivity contribution < 1.29 is 22.8 Å². The molecule has 1 fully saturated rings. The van der Waals surface area contributed by atoms with Crippen LogP contribution in [0.5, 0.6) is 0 Å². The number of carbonyl (C=O) groups is 2. The molecular formula is C16H17F3N2O2S. The molecule has 1 atom stereocenters. The smallest absolute Gasteiger partial charge is 0.345 e. The third-order valence-corrected chi connectivity index (χ3v) is 5.42. The fraction of sp³-hybridized carbons (Fsp3) is 0.500. The predicted molar refractivity (Wildman–Crippen MR) is 84.7 cm³/mol. The Labute approximate surface area is 141 Å². The summed E-state index contributed by atoms with van der Waals surface area (Å²) in [6.07, 6.45) is -2.15. The van der Waals surface area contributed by atoms with Gasteiger partial charge in [0.1, 0.15) is 0 Å². The largest absolute Gasteiger partial charge is 0.416 e. The quantitative estimate of drug-likeness (QED) is 0.898. The van der Waals surface area contributed by atoms with Gasteiger partial charge in [-0.15, -0.1) is 11.8 Å². The van der Waals surface area contributed by atoms with Crippen molar-refractivity contribution in [3.63, 3.8) is 0 Å². The lowest BCUT2D eigenvalue weighted by atomic mass is 10.1. The zero-order valence-corrected chi connectivity index (χ0v) is 13.8. The summed E-state index contributed by atoms with van der Waals surface area (Å²) in [5, 5.41) is 1.87. The Balaban J connectivity index is 1.68. The summed E-state index contributed by atoms with van der Waals surface area (Å²) in [5.74, 6) is 0.0122. The van der Waals surface area contributed by atoms with Crippen LogP contribution in [0, 0.1) is 5.92 Å². The maximum absolute atomic E-state index is 12.7. The average molecular weight is 358 g/mol. The Kier molecular flexibility index (Phi) is 4.50. The molecule has 3 rings (SSSR count). The van der Waals surface area contributed by atoms with E-state index in [1.54, 1.807) is 11.9 Å². The first-order chi connectivity index (χ1) is 11.2. The monoisotopic (exact) mass is 358 g/mol. The molecule has 0 radical (unpaired) electrons. The van der Waals surface area contributed by atoms with Gasteiger partial charge in [0.05, 0.1) is 16.5 Å². The van der Waals surface area contributed by atoms with E-state index in [2.05, 4.69) is 5.32 Å². The van der Waals surface area contributed by atoms with Crippen LogP contribution in [0.3, 0.4) is 0 Å². The average Bonchev–Trinajstić information content (AvgIpc) is 3.30. The second-order valence-electron chi connectivity index (χ2n) is 6.23. The summed E-state index contributed by atoms with van der Waals surface area (Å²) in [7, 11) is 1.72. The van der Waals surface area contributed by atoms with Gasteiger partial charge in [-0.2, -0.15) is 13.2 Å². The normalized spacial score (nSPS) is 20.3. The van der Waals surface area contributed by atoms with E-state index in [1.165, 1.54) is 6.07 Å². The van der Waals surface area contributed by atoms with Gasteiger partial charge in [0.25, 0.3) is 0 Å². The molecule has 0 bridgehead atoms. The number of anilines is 1. The van der Waals surface area contributed by atoms with Gasteiger partial charge < -0.3 is 10.2 Å². The first-order valence-electron chi connectivity index (χ1n) is 7.67. The van der Waals surface area contributed by atoms with Crippen LogP contribution >= 0.6 is 11.8 Å². The number of hydrogen-bond donors (Lipinski definition) is 1. The van der Waals surface area contributed by atoms with Gasteiger partial charge >= 0.3 is 6.18 Å². The Morgan fingerprint density at radius 2 is 2.08 bits per heavy atom. The van der Waals surface area contributed by atoms with Gasteiger partial charge in [-0.3, -0.25) is 9.59 Å². The summed E-state index contributed by atoms with van der Waals surface area (Å²) in [4.78, 5) is 26.5. The number of nitrogens with one attached hydrogen (secondary N) is 1. The number of thioether (sulfide) groups is 1. The minimum atomic E-state index is -4.46. The van der Waals surface area contributed by atoms with Crippen molar-refractivity contribution in [2.75, 3.05) is 18.9 Å². The molecule has 24 heavy (non-hydrogen) atoms. The Morgan fingerprint density at radius 1 is 1.38 bits per heavy atom. The van der Waals surface area contributed by atoms with Crippen LogP contribution in [-0.4, -0.2) is 35.6 Å². The van der Waals surface area contributed by atoms with Crippen molar-refractivity contribution in [2.24, 2.45) is 5.92 Å². The topological polar surface area (TPSA) is 49.4 Å². The van der Waals surface area contributed by atoms with E-state index in [4.69, 9.17) is 0 Å². The lowest BCUT2D eigenvalue weighted by Crippen LogP contribution is -2.36. The van der Waals surface area contributed by atoms with E-state index in [0.29, 0.717) is 17.4 Å². The number of alkyl halides is 3. The van der Waals surface area contributed by atoms with E-state index < -0.39 is 22.9 Å². The van der Waals surface area contributed by atoms with Crippen LogP contribution in [0.15, 0.2) is 23.1 Å². The number of nitrogens with zero attached hydrogens (tertiary/aromatic N) is 1. The van der Waals surface area contributed by atoms with Gasteiger partial charge in [-0.05, 0) is 37.0 Å². The van der Waals surface area contributed by atoms with Gasteiger partial charge in [0, 0.05) is 24.9 Å². The molecule has 1 aliphatic carbocycles. The fourth-order valence-corrected chi connectivity index (χ4v) is 3.65. The molecule has 0 unspecified atom stereocenters. The molecule has 0 aromatic heterocycles. The van der Waals surface area contributed by atoms with Crippen LogP contribution in [0.4, 0.5) is 18.9 Å². The summed E-state index contributed by atoms with van der Waals surface area (Å²) < 4.78 is 38.2. The highest BCUT2D eigenvalue weighted by atomic mass is 32.2. The van der Waals surface area contributed by atoms with E-state index in [1.807, 2.05) is 0 Å². The second-order valence-corrected chi connectivity index (χ2v) is 7.47. The second kappa shape index (κ2) is 6.31. The number of fused-ring (bicyclic) bond motifs is 1. The van der Waals surface area contributed by atoms with Crippen molar-refractivity contribution in [3.8, 4) is 0 Å². The van der Waals surface area contributed by atoms with Gasteiger partial charge in [0.2, 0.25) is 11.8 Å². The van der Waals surface area contributed by atoms with Gasteiger partial charge in [0.15, 0.2) is 0 Å². The fourth-order valence-electron chi connectivity index (χ4n) is 2.57. The summed E-state index contributed by atoms with van der Waals surface area (Å²) in [6, 6.07) is 3.26. The molecule has 8 heteroatoms. The Bertz CT molecular complexity index is 674. The third-order valence-electron chi connectivity index (χ3n) is 4.14. The lowest BCUT2D eigenvalue weighted by molar-refractivity contribution is -0.137. The van der Waals surface area contributed by atoms with E-state index in [0.717, 1.165) is 36.7 Å². The molecule has 0 saturated heterocycles. The number of hydrogen-bond acceptors (Lipinski definition) is 3. The van der Waals surface area contributed by atoms with Crippen molar-refractivity contribution in [1.82, 2.24) is 4.90 Å². The number of halogens is 3. The number of carbonyl (C=O) groups excluding carboxylic acids is 2. The SMILES string of the molecule is CN(CC1CC1)C(=O)C[C@H]1Sc2ccc(C(F)(F)F)cc2NC1=O. The zero-order chi connectivity index (χ0) is 17.5.